The summed E-state index contributed by atoms with van der Waals surface area (Å²) in [4.78, 5) is 4.31. The second-order valence-electron chi connectivity index (χ2n) is 4.08. The molecule has 1 aliphatic rings. The number of aromatic nitrogens is 2. The van der Waals surface area contributed by atoms with Gasteiger partial charge in [0.2, 0.25) is 0 Å². The molecule has 0 unspecified atom stereocenters. The molecular weight excluding hydrogens is 261 g/mol. The van der Waals surface area contributed by atoms with Crippen molar-refractivity contribution in [1.29, 1.82) is 0 Å². The predicted octanol–water partition coefficient (Wildman–Crippen LogP) is 3.50. The van der Waals surface area contributed by atoms with Gasteiger partial charge in [-0.15, -0.1) is 0 Å². The molecule has 0 amide bonds. The van der Waals surface area contributed by atoms with Crippen LogP contribution in [0.25, 0.3) is 11.5 Å². The minimum absolute atomic E-state index is 0.369. The summed E-state index contributed by atoms with van der Waals surface area (Å²) in [7, 11) is 0. The summed E-state index contributed by atoms with van der Waals surface area (Å²) in [5.74, 6) is 1.53. The first kappa shape index (κ1) is 10.9. The van der Waals surface area contributed by atoms with Crippen LogP contribution in [-0.4, -0.2) is 10.1 Å². The van der Waals surface area contributed by atoms with Gasteiger partial charge in [0.25, 0.3) is 5.89 Å². The highest BCUT2D eigenvalue weighted by Gasteiger charge is 2.29. The Bertz CT molecular complexity index is 578. The fourth-order valence-corrected chi connectivity index (χ4v) is 2.11. The van der Waals surface area contributed by atoms with Crippen molar-refractivity contribution in [2.24, 2.45) is 0 Å². The molecule has 2 N–H and O–H groups in total. The summed E-state index contributed by atoms with van der Waals surface area (Å²) >= 11 is 11.9. The van der Waals surface area contributed by atoms with E-state index < -0.39 is 0 Å². The SMILES string of the molecule is Nc1c(Cl)cc(Cl)cc1-c1nc(C2CC2)no1. The van der Waals surface area contributed by atoms with Crippen LogP contribution >= 0.6 is 23.2 Å². The van der Waals surface area contributed by atoms with Crippen molar-refractivity contribution in [3.05, 3.63) is 28.0 Å². The molecule has 3 rings (SSSR count). The largest absolute Gasteiger partial charge is 0.397 e. The van der Waals surface area contributed by atoms with Gasteiger partial charge in [-0.05, 0) is 25.0 Å². The summed E-state index contributed by atoms with van der Waals surface area (Å²) in [6.07, 6.45) is 2.23. The van der Waals surface area contributed by atoms with Crippen LogP contribution in [0.5, 0.6) is 0 Å². The number of nitrogens with zero attached hydrogens (tertiary/aromatic N) is 2. The highest BCUT2D eigenvalue weighted by Crippen LogP contribution is 2.40. The smallest absolute Gasteiger partial charge is 0.260 e. The van der Waals surface area contributed by atoms with Crippen molar-refractivity contribution in [1.82, 2.24) is 10.1 Å². The summed E-state index contributed by atoms with van der Waals surface area (Å²) in [5.41, 5.74) is 6.86. The third-order valence-corrected chi connectivity index (χ3v) is 3.24. The first-order valence-electron chi connectivity index (χ1n) is 5.23. The maximum atomic E-state index is 5.95. The Morgan fingerprint density at radius 3 is 2.76 bits per heavy atom. The molecule has 6 heteroatoms. The molecule has 0 aliphatic heterocycles. The van der Waals surface area contributed by atoms with Crippen molar-refractivity contribution in [3.63, 3.8) is 0 Å². The van der Waals surface area contributed by atoms with E-state index in [1.54, 1.807) is 12.1 Å². The lowest BCUT2D eigenvalue weighted by Crippen LogP contribution is -1.92. The maximum absolute atomic E-state index is 5.95. The second kappa shape index (κ2) is 3.89. The number of anilines is 1. The molecule has 0 saturated heterocycles. The van der Waals surface area contributed by atoms with E-state index in [0.29, 0.717) is 33.1 Å². The Kier molecular flexibility index (Phi) is 2.49. The van der Waals surface area contributed by atoms with E-state index in [1.807, 2.05) is 0 Å². The molecule has 1 fully saturated rings. The van der Waals surface area contributed by atoms with Crippen LogP contribution in [-0.2, 0) is 0 Å². The van der Waals surface area contributed by atoms with Crippen LogP contribution in [0.2, 0.25) is 10.0 Å². The molecule has 88 valence electrons. The van der Waals surface area contributed by atoms with Gasteiger partial charge in [-0.2, -0.15) is 4.98 Å². The quantitative estimate of drug-likeness (QED) is 0.848. The predicted molar refractivity (Wildman–Crippen MR) is 66.1 cm³/mol. The fourth-order valence-electron chi connectivity index (χ4n) is 1.61. The molecule has 1 heterocycles. The standard InChI is InChI=1S/C11H9Cl2N3O/c12-6-3-7(9(14)8(13)4-6)11-15-10(16-17-11)5-1-2-5/h3-5H,1-2,14H2. The minimum atomic E-state index is 0.369. The third kappa shape index (κ3) is 1.98. The van der Waals surface area contributed by atoms with Crippen LogP contribution in [0.3, 0.4) is 0 Å². The zero-order chi connectivity index (χ0) is 12.0. The summed E-state index contributed by atoms with van der Waals surface area (Å²) < 4.78 is 5.18. The number of nitrogen functional groups attached to an aromatic ring is 1. The zero-order valence-electron chi connectivity index (χ0n) is 8.78. The van der Waals surface area contributed by atoms with Gasteiger partial charge in [0.05, 0.1) is 16.3 Å². The van der Waals surface area contributed by atoms with E-state index in [9.17, 15) is 0 Å². The van der Waals surface area contributed by atoms with Gasteiger partial charge in [0, 0.05) is 10.9 Å². The van der Waals surface area contributed by atoms with Gasteiger partial charge in [0.15, 0.2) is 5.82 Å². The molecule has 1 aromatic heterocycles. The van der Waals surface area contributed by atoms with Crippen molar-refractivity contribution >= 4 is 28.9 Å². The molecular formula is C11H9Cl2N3O. The highest BCUT2D eigenvalue weighted by molar-refractivity contribution is 6.37. The topological polar surface area (TPSA) is 64.9 Å². The van der Waals surface area contributed by atoms with Crippen LogP contribution in [0, 0.1) is 0 Å². The Morgan fingerprint density at radius 1 is 1.29 bits per heavy atom. The molecule has 0 spiro atoms. The van der Waals surface area contributed by atoms with Crippen LogP contribution in [0.1, 0.15) is 24.6 Å². The molecule has 1 saturated carbocycles. The third-order valence-electron chi connectivity index (χ3n) is 2.71. The van der Waals surface area contributed by atoms with Crippen LogP contribution < -0.4 is 5.73 Å². The number of nitrogens with two attached hydrogens (primary N) is 1. The monoisotopic (exact) mass is 269 g/mol. The van der Waals surface area contributed by atoms with E-state index in [-0.39, 0.29) is 0 Å². The molecule has 1 aliphatic carbocycles. The lowest BCUT2D eigenvalue weighted by atomic mass is 10.2. The Labute approximate surface area is 108 Å². The van der Waals surface area contributed by atoms with E-state index in [1.165, 1.54) is 0 Å². The van der Waals surface area contributed by atoms with Crippen LogP contribution in [0.15, 0.2) is 16.7 Å². The molecule has 0 atom stereocenters. The van der Waals surface area contributed by atoms with E-state index in [4.69, 9.17) is 33.5 Å². The molecule has 17 heavy (non-hydrogen) atoms. The van der Waals surface area contributed by atoms with E-state index in [2.05, 4.69) is 10.1 Å². The number of hydrogen-bond acceptors (Lipinski definition) is 4. The van der Waals surface area contributed by atoms with E-state index in [0.717, 1.165) is 18.7 Å². The summed E-state index contributed by atoms with van der Waals surface area (Å²) in [5, 5.41) is 4.81. The van der Waals surface area contributed by atoms with Gasteiger partial charge in [-0.1, -0.05) is 28.4 Å². The first-order valence-corrected chi connectivity index (χ1v) is 5.99. The van der Waals surface area contributed by atoms with Crippen LogP contribution in [0.4, 0.5) is 5.69 Å². The summed E-state index contributed by atoms with van der Waals surface area (Å²) in [6, 6.07) is 3.26. The first-order chi connectivity index (χ1) is 8.15. The van der Waals surface area contributed by atoms with Crippen molar-refractivity contribution in [3.8, 4) is 11.5 Å². The van der Waals surface area contributed by atoms with Gasteiger partial charge in [-0.3, -0.25) is 0 Å². The Hall–Kier alpha value is -1.26. The maximum Gasteiger partial charge on any atom is 0.260 e. The number of hydrogen-bond donors (Lipinski definition) is 1. The van der Waals surface area contributed by atoms with Gasteiger partial charge in [-0.25, -0.2) is 0 Å². The number of halogens is 2. The molecule has 4 nitrogen and oxygen atoms in total. The Balaban J connectivity index is 2.07. The number of rotatable bonds is 2. The molecule has 0 radical (unpaired) electrons. The molecule has 2 aromatic rings. The fraction of sp³-hybridized carbons (Fsp3) is 0.273. The van der Waals surface area contributed by atoms with E-state index >= 15 is 0 Å². The van der Waals surface area contributed by atoms with Crippen molar-refractivity contribution in [2.75, 3.05) is 5.73 Å². The van der Waals surface area contributed by atoms with Crippen molar-refractivity contribution in [2.45, 2.75) is 18.8 Å². The highest BCUT2D eigenvalue weighted by atomic mass is 35.5. The minimum Gasteiger partial charge on any atom is -0.397 e. The lowest BCUT2D eigenvalue weighted by molar-refractivity contribution is 0.423. The van der Waals surface area contributed by atoms with Gasteiger partial charge < -0.3 is 10.3 Å². The Morgan fingerprint density at radius 2 is 2.06 bits per heavy atom. The average molecular weight is 270 g/mol. The normalized spacial score (nSPS) is 15.2. The molecule has 0 bridgehead atoms. The van der Waals surface area contributed by atoms with Crippen molar-refractivity contribution < 1.29 is 4.52 Å². The lowest BCUT2D eigenvalue weighted by Gasteiger charge is -2.03. The number of benzene rings is 1. The zero-order valence-corrected chi connectivity index (χ0v) is 10.3. The average Bonchev–Trinajstić information content (AvgIpc) is 3.02. The summed E-state index contributed by atoms with van der Waals surface area (Å²) in [6.45, 7) is 0. The second-order valence-corrected chi connectivity index (χ2v) is 4.92. The van der Waals surface area contributed by atoms with Gasteiger partial charge in [0.1, 0.15) is 0 Å². The van der Waals surface area contributed by atoms with Gasteiger partial charge >= 0.3 is 0 Å². The molecule has 1 aromatic carbocycles.